The summed E-state index contributed by atoms with van der Waals surface area (Å²) in [5.41, 5.74) is 3.77. The fourth-order valence-corrected chi connectivity index (χ4v) is 3.36. The summed E-state index contributed by atoms with van der Waals surface area (Å²) in [4.78, 5) is 29.7. The largest absolute Gasteiger partial charge is 0.497 e. The second kappa shape index (κ2) is 8.67. The summed E-state index contributed by atoms with van der Waals surface area (Å²) < 4.78 is 5.28. The van der Waals surface area contributed by atoms with Crippen LogP contribution in [0.15, 0.2) is 78.9 Å². The average Bonchev–Trinajstić information content (AvgIpc) is 2.79. The lowest BCUT2D eigenvalue weighted by Gasteiger charge is -2.14. The number of anilines is 2. The van der Waals surface area contributed by atoms with Crippen molar-refractivity contribution in [1.29, 1.82) is 0 Å². The molecule has 6 nitrogen and oxygen atoms in total. The maximum atomic E-state index is 13.4. The van der Waals surface area contributed by atoms with Crippen molar-refractivity contribution in [3.8, 4) is 17.0 Å². The average molecular weight is 411 g/mol. The molecule has 0 atom stereocenters. The number of hydrogen-bond acceptors (Lipinski definition) is 4. The van der Waals surface area contributed by atoms with Gasteiger partial charge in [-0.3, -0.25) is 9.59 Å². The van der Waals surface area contributed by atoms with E-state index in [4.69, 9.17) is 9.72 Å². The van der Waals surface area contributed by atoms with Gasteiger partial charge in [0.1, 0.15) is 5.75 Å². The molecule has 0 saturated carbocycles. The van der Waals surface area contributed by atoms with Crippen LogP contribution in [0.2, 0.25) is 0 Å². The van der Waals surface area contributed by atoms with E-state index in [1.807, 2.05) is 54.6 Å². The number of rotatable bonds is 5. The lowest BCUT2D eigenvalue weighted by atomic mass is 10.0. The summed E-state index contributed by atoms with van der Waals surface area (Å²) in [5, 5.41) is 6.39. The summed E-state index contributed by atoms with van der Waals surface area (Å²) in [6.45, 7) is 1.42. The van der Waals surface area contributed by atoms with Crippen LogP contribution in [0.5, 0.6) is 5.75 Å². The molecule has 6 heteroatoms. The van der Waals surface area contributed by atoms with Crippen LogP contribution in [0.3, 0.4) is 0 Å². The molecule has 0 radical (unpaired) electrons. The van der Waals surface area contributed by atoms with Gasteiger partial charge in [0.15, 0.2) is 0 Å². The van der Waals surface area contributed by atoms with Crippen molar-refractivity contribution < 1.29 is 14.3 Å². The number of hydrogen-bond donors (Lipinski definition) is 2. The zero-order valence-electron chi connectivity index (χ0n) is 17.2. The van der Waals surface area contributed by atoms with Gasteiger partial charge in [-0.1, -0.05) is 48.5 Å². The first-order chi connectivity index (χ1) is 15.0. The molecule has 0 fully saturated rings. The number of aromatic nitrogens is 1. The predicted molar refractivity (Wildman–Crippen MR) is 122 cm³/mol. The molecule has 2 amide bonds. The number of fused-ring (bicyclic) bond motifs is 1. The molecular weight excluding hydrogens is 390 g/mol. The van der Waals surface area contributed by atoms with Crippen LogP contribution >= 0.6 is 0 Å². The van der Waals surface area contributed by atoms with E-state index in [1.54, 1.807) is 31.4 Å². The van der Waals surface area contributed by atoms with Crippen molar-refractivity contribution in [2.45, 2.75) is 6.92 Å². The van der Waals surface area contributed by atoms with Crippen LogP contribution in [0.1, 0.15) is 17.3 Å². The Balaban J connectivity index is 1.79. The highest BCUT2D eigenvalue weighted by Gasteiger charge is 2.16. The minimum atomic E-state index is -0.310. The maximum absolute atomic E-state index is 13.4. The first kappa shape index (κ1) is 20.1. The molecule has 1 heterocycles. The Morgan fingerprint density at radius 1 is 0.839 bits per heavy atom. The lowest BCUT2D eigenvalue weighted by molar-refractivity contribution is -0.114. The monoisotopic (exact) mass is 411 g/mol. The van der Waals surface area contributed by atoms with Crippen molar-refractivity contribution in [3.63, 3.8) is 0 Å². The summed E-state index contributed by atoms with van der Waals surface area (Å²) >= 11 is 0. The Kier molecular flexibility index (Phi) is 5.62. The van der Waals surface area contributed by atoms with Crippen molar-refractivity contribution in [2.24, 2.45) is 0 Å². The minimum Gasteiger partial charge on any atom is -0.497 e. The van der Waals surface area contributed by atoms with Gasteiger partial charge in [0.2, 0.25) is 5.91 Å². The van der Waals surface area contributed by atoms with Crippen LogP contribution in [0.25, 0.3) is 22.2 Å². The third kappa shape index (κ3) is 4.38. The van der Waals surface area contributed by atoms with Gasteiger partial charge in [-0.25, -0.2) is 4.98 Å². The standard InChI is InChI=1S/C25H21N3O3/c1-16(29)26-22-13-12-18(31-2)14-24(22)28-25(30)20-15-23(17-8-4-3-5-9-17)27-21-11-7-6-10-19(20)21/h3-15H,1-2H3,(H,26,29)(H,28,30). The number of methoxy groups -OCH3 is 1. The number of carbonyl (C=O) groups excluding carboxylic acids is 2. The second-order valence-electron chi connectivity index (χ2n) is 6.99. The van der Waals surface area contributed by atoms with E-state index in [0.717, 1.165) is 16.5 Å². The third-order valence-corrected chi connectivity index (χ3v) is 4.82. The van der Waals surface area contributed by atoms with E-state index < -0.39 is 0 Å². The van der Waals surface area contributed by atoms with E-state index in [-0.39, 0.29) is 11.8 Å². The summed E-state index contributed by atoms with van der Waals surface area (Å²) in [6.07, 6.45) is 0. The van der Waals surface area contributed by atoms with Gasteiger partial charge in [0, 0.05) is 23.9 Å². The molecule has 0 unspecified atom stereocenters. The zero-order chi connectivity index (χ0) is 21.8. The number of amides is 2. The number of nitrogens with zero attached hydrogens (tertiary/aromatic N) is 1. The van der Waals surface area contributed by atoms with Gasteiger partial charge < -0.3 is 15.4 Å². The normalized spacial score (nSPS) is 10.5. The first-order valence-corrected chi connectivity index (χ1v) is 9.77. The molecule has 154 valence electrons. The van der Waals surface area contributed by atoms with E-state index in [9.17, 15) is 9.59 Å². The highest BCUT2D eigenvalue weighted by atomic mass is 16.5. The first-order valence-electron chi connectivity index (χ1n) is 9.77. The number of para-hydroxylation sites is 1. The summed E-state index contributed by atoms with van der Waals surface area (Å²) in [5.74, 6) is 0.0194. The fraction of sp³-hybridized carbons (Fsp3) is 0.0800. The van der Waals surface area contributed by atoms with Gasteiger partial charge in [-0.05, 0) is 24.3 Å². The molecule has 4 aromatic rings. The fourth-order valence-electron chi connectivity index (χ4n) is 3.36. The smallest absolute Gasteiger partial charge is 0.256 e. The number of nitrogens with one attached hydrogen (secondary N) is 2. The van der Waals surface area contributed by atoms with E-state index in [1.165, 1.54) is 6.92 Å². The molecule has 0 spiro atoms. The lowest BCUT2D eigenvalue weighted by Crippen LogP contribution is -2.16. The molecule has 0 bridgehead atoms. The van der Waals surface area contributed by atoms with Crippen LogP contribution < -0.4 is 15.4 Å². The van der Waals surface area contributed by atoms with Gasteiger partial charge in [-0.15, -0.1) is 0 Å². The van der Waals surface area contributed by atoms with Crippen LogP contribution in [-0.4, -0.2) is 23.9 Å². The SMILES string of the molecule is COc1ccc(NC(C)=O)c(NC(=O)c2cc(-c3ccccc3)nc3ccccc23)c1. The Bertz CT molecular complexity index is 1270. The van der Waals surface area contributed by atoms with Crippen molar-refractivity contribution >= 4 is 34.1 Å². The molecule has 4 rings (SSSR count). The Morgan fingerprint density at radius 2 is 1.58 bits per heavy atom. The topological polar surface area (TPSA) is 80.3 Å². The molecule has 2 N–H and O–H groups in total. The Hall–Kier alpha value is -4.19. The number of carbonyl (C=O) groups is 2. The second-order valence-corrected chi connectivity index (χ2v) is 6.99. The summed E-state index contributed by atoms with van der Waals surface area (Å²) in [7, 11) is 1.54. The van der Waals surface area contributed by atoms with Gasteiger partial charge >= 0.3 is 0 Å². The highest BCUT2D eigenvalue weighted by molar-refractivity contribution is 6.14. The van der Waals surface area contributed by atoms with Crippen molar-refractivity contribution in [2.75, 3.05) is 17.7 Å². The predicted octanol–water partition coefficient (Wildman–Crippen LogP) is 5.12. The number of benzene rings is 3. The van der Waals surface area contributed by atoms with Crippen molar-refractivity contribution in [3.05, 3.63) is 84.4 Å². The molecule has 0 aliphatic heterocycles. The Morgan fingerprint density at radius 3 is 2.32 bits per heavy atom. The van der Waals surface area contributed by atoms with Gasteiger partial charge in [0.05, 0.1) is 35.3 Å². The number of ether oxygens (including phenoxy) is 1. The molecule has 0 aliphatic carbocycles. The molecule has 3 aromatic carbocycles. The zero-order valence-corrected chi connectivity index (χ0v) is 17.2. The van der Waals surface area contributed by atoms with E-state index in [0.29, 0.717) is 28.4 Å². The maximum Gasteiger partial charge on any atom is 0.256 e. The van der Waals surface area contributed by atoms with Crippen LogP contribution in [0, 0.1) is 0 Å². The van der Waals surface area contributed by atoms with E-state index in [2.05, 4.69) is 10.6 Å². The quantitative estimate of drug-likeness (QED) is 0.478. The van der Waals surface area contributed by atoms with Gasteiger partial charge in [0.25, 0.3) is 5.91 Å². The number of pyridine rings is 1. The molecule has 31 heavy (non-hydrogen) atoms. The van der Waals surface area contributed by atoms with Crippen LogP contribution in [-0.2, 0) is 4.79 Å². The summed E-state index contributed by atoms with van der Waals surface area (Å²) in [6, 6.07) is 24.1. The molecule has 0 aliphatic rings. The molecule has 1 aromatic heterocycles. The van der Waals surface area contributed by atoms with Crippen LogP contribution in [0.4, 0.5) is 11.4 Å². The third-order valence-electron chi connectivity index (χ3n) is 4.82. The van der Waals surface area contributed by atoms with Gasteiger partial charge in [-0.2, -0.15) is 0 Å². The highest BCUT2D eigenvalue weighted by Crippen LogP contribution is 2.30. The molecular formula is C25H21N3O3. The Labute approximate surface area is 179 Å². The molecule has 0 saturated heterocycles. The van der Waals surface area contributed by atoms with E-state index >= 15 is 0 Å². The minimum absolute atomic E-state index is 0.235. The van der Waals surface area contributed by atoms with Crippen molar-refractivity contribution in [1.82, 2.24) is 4.98 Å².